The Morgan fingerprint density at radius 1 is 1.02 bits per heavy atom. The lowest BCUT2D eigenvalue weighted by Crippen LogP contribution is -2.56. The summed E-state index contributed by atoms with van der Waals surface area (Å²) in [7, 11) is 0. The van der Waals surface area contributed by atoms with Gasteiger partial charge < -0.3 is 31.0 Å². The molecule has 1 aromatic heterocycles. The van der Waals surface area contributed by atoms with Gasteiger partial charge in [-0.2, -0.15) is 0 Å². The molecule has 1 aliphatic rings. The summed E-state index contributed by atoms with van der Waals surface area (Å²) < 4.78 is 5.63. The van der Waals surface area contributed by atoms with E-state index in [9.17, 15) is 19.2 Å². The molecule has 10 nitrogen and oxygen atoms in total. The molecule has 0 aliphatic carbocycles. The maximum atomic E-state index is 14.1. The second-order valence-corrected chi connectivity index (χ2v) is 12.9. The number of aromatic amines is 1. The van der Waals surface area contributed by atoms with Gasteiger partial charge in [0.05, 0.1) is 5.92 Å². The van der Waals surface area contributed by atoms with E-state index in [2.05, 4.69) is 15.6 Å². The zero-order valence-corrected chi connectivity index (χ0v) is 26.8. The zero-order chi connectivity index (χ0) is 32.6. The van der Waals surface area contributed by atoms with E-state index in [0.717, 1.165) is 16.5 Å². The maximum Gasteiger partial charge on any atom is 0.329 e. The van der Waals surface area contributed by atoms with Crippen LogP contribution in [0.4, 0.5) is 0 Å². The van der Waals surface area contributed by atoms with Crippen molar-refractivity contribution < 1.29 is 23.9 Å². The Morgan fingerprint density at radius 3 is 2.44 bits per heavy atom. The predicted octanol–water partition coefficient (Wildman–Crippen LogP) is 4.26. The van der Waals surface area contributed by atoms with Crippen LogP contribution in [-0.4, -0.2) is 70.9 Å². The van der Waals surface area contributed by atoms with Gasteiger partial charge in [-0.15, -0.1) is 0 Å². The third-order valence-corrected chi connectivity index (χ3v) is 8.25. The van der Waals surface area contributed by atoms with Gasteiger partial charge in [-0.1, -0.05) is 43.3 Å². The van der Waals surface area contributed by atoms with E-state index < -0.39 is 41.4 Å². The van der Waals surface area contributed by atoms with Gasteiger partial charge in [-0.05, 0) is 83.2 Å². The molecule has 3 amide bonds. The van der Waals surface area contributed by atoms with Crippen molar-refractivity contribution in [3.8, 4) is 0 Å². The van der Waals surface area contributed by atoms with Crippen LogP contribution in [0.3, 0.4) is 0 Å². The van der Waals surface area contributed by atoms with Crippen LogP contribution in [0.2, 0.25) is 0 Å². The lowest BCUT2D eigenvalue weighted by Gasteiger charge is -2.34. The topological polar surface area (TPSA) is 147 Å². The van der Waals surface area contributed by atoms with Gasteiger partial charge in [-0.3, -0.25) is 14.4 Å². The fourth-order valence-electron chi connectivity index (χ4n) is 5.85. The molecule has 3 aromatic rings. The minimum absolute atomic E-state index is 0.118. The van der Waals surface area contributed by atoms with Crippen molar-refractivity contribution in [3.05, 3.63) is 71.9 Å². The van der Waals surface area contributed by atoms with Gasteiger partial charge in [0.25, 0.3) is 5.91 Å². The summed E-state index contributed by atoms with van der Waals surface area (Å²) in [6, 6.07) is 14.9. The van der Waals surface area contributed by atoms with Crippen molar-refractivity contribution in [1.29, 1.82) is 0 Å². The highest BCUT2D eigenvalue weighted by atomic mass is 16.6. The van der Waals surface area contributed by atoms with Gasteiger partial charge >= 0.3 is 5.97 Å². The summed E-state index contributed by atoms with van der Waals surface area (Å²) in [4.78, 5) is 59.2. The number of fused-ring (bicyclic) bond motifs is 1. The first-order valence-electron chi connectivity index (χ1n) is 15.9. The molecule has 2 aromatic carbocycles. The van der Waals surface area contributed by atoms with Crippen LogP contribution in [0.25, 0.3) is 10.9 Å². The molecule has 242 valence electrons. The molecule has 1 fully saturated rings. The highest BCUT2D eigenvalue weighted by Crippen LogP contribution is 2.29. The molecule has 5 N–H and O–H groups in total. The van der Waals surface area contributed by atoms with Crippen LogP contribution in [0.15, 0.2) is 60.8 Å². The molecule has 2 heterocycles. The van der Waals surface area contributed by atoms with Crippen molar-refractivity contribution in [2.24, 2.45) is 11.7 Å². The quantitative estimate of drug-likeness (QED) is 0.176. The van der Waals surface area contributed by atoms with E-state index in [-0.39, 0.29) is 18.4 Å². The Hall–Kier alpha value is -4.18. The van der Waals surface area contributed by atoms with Crippen molar-refractivity contribution in [2.75, 3.05) is 19.6 Å². The summed E-state index contributed by atoms with van der Waals surface area (Å²) in [5.41, 5.74) is 7.32. The molecule has 1 aliphatic heterocycles. The van der Waals surface area contributed by atoms with E-state index in [1.54, 1.807) is 37.8 Å². The molecule has 0 radical (unpaired) electrons. The van der Waals surface area contributed by atoms with E-state index in [1.165, 1.54) is 0 Å². The van der Waals surface area contributed by atoms with Gasteiger partial charge in [-0.25, -0.2) is 4.79 Å². The number of carbonyl (C=O) groups is 4. The molecule has 4 atom stereocenters. The number of H-pyrrole nitrogens is 1. The number of nitrogens with two attached hydrogens (primary N) is 1. The highest BCUT2D eigenvalue weighted by molar-refractivity contribution is 5.96. The molecule has 1 saturated heterocycles. The van der Waals surface area contributed by atoms with Crippen molar-refractivity contribution in [2.45, 2.75) is 83.4 Å². The fraction of sp³-hybridized carbons (Fsp3) is 0.486. The maximum absolute atomic E-state index is 14.1. The number of hydrogen-bond acceptors (Lipinski definition) is 6. The van der Waals surface area contributed by atoms with Crippen LogP contribution in [0, 0.1) is 5.92 Å². The SMILES string of the molecule is C[C@@H](c1c[nH]c2ccccc12)C(NC(=O)C1CCCN(C(=O)c2ccccc2)C1)C(=O)N[C@@H](CCCCN)C(=O)OC(C)(C)C. The Bertz CT molecular complexity index is 1460. The van der Waals surface area contributed by atoms with Crippen molar-refractivity contribution in [3.63, 3.8) is 0 Å². The summed E-state index contributed by atoms with van der Waals surface area (Å²) in [5.74, 6) is -2.35. The van der Waals surface area contributed by atoms with Crippen LogP contribution >= 0.6 is 0 Å². The van der Waals surface area contributed by atoms with E-state index in [1.807, 2.05) is 55.6 Å². The highest BCUT2D eigenvalue weighted by Gasteiger charge is 2.36. The van der Waals surface area contributed by atoms with Crippen molar-refractivity contribution in [1.82, 2.24) is 20.5 Å². The largest absolute Gasteiger partial charge is 0.458 e. The monoisotopic (exact) mass is 617 g/mol. The molecule has 2 unspecified atom stereocenters. The first-order valence-corrected chi connectivity index (χ1v) is 15.9. The molecule has 0 saturated carbocycles. The number of ether oxygens (including phenoxy) is 1. The third kappa shape index (κ3) is 8.94. The smallest absolute Gasteiger partial charge is 0.329 e. The number of unbranched alkanes of at least 4 members (excludes halogenated alkanes) is 1. The molecule has 4 rings (SSSR count). The Balaban J connectivity index is 1.57. The van der Waals surface area contributed by atoms with Gasteiger partial charge in [0.15, 0.2) is 0 Å². The summed E-state index contributed by atoms with van der Waals surface area (Å²) in [6.45, 7) is 8.52. The summed E-state index contributed by atoms with van der Waals surface area (Å²) >= 11 is 0. The summed E-state index contributed by atoms with van der Waals surface area (Å²) in [6.07, 6.45) is 4.81. The number of para-hydroxylation sites is 1. The molecular weight excluding hydrogens is 570 g/mol. The lowest BCUT2D eigenvalue weighted by atomic mass is 9.90. The van der Waals surface area contributed by atoms with E-state index in [0.29, 0.717) is 50.8 Å². The molecule has 0 spiro atoms. The van der Waals surface area contributed by atoms with Gasteiger partial charge in [0, 0.05) is 41.7 Å². The average molecular weight is 618 g/mol. The number of amides is 3. The second-order valence-electron chi connectivity index (χ2n) is 12.9. The van der Waals surface area contributed by atoms with Crippen LogP contribution in [-0.2, 0) is 19.1 Å². The predicted molar refractivity (Wildman–Crippen MR) is 174 cm³/mol. The number of carbonyl (C=O) groups excluding carboxylic acids is 4. The summed E-state index contributed by atoms with van der Waals surface area (Å²) in [5, 5.41) is 6.87. The number of likely N-dealkylation sites (tertiary alicyclic amines) is 1. The number of benzene rings is 2. The van der Waals surface area contributed by atoms with Crippen LogP contribution < -0.4 is 16.4 Å². The number of rotatable bonds is 12. The van der Waals surface area contributed by atoms with E-state index in [4.69, 9.17) is 10.5 Å². The Kier molecular flexibility index (Phi) is 11.4. The van der Waals surface area contributed by atoms with Crippen molar-refractivity contribution >= 4 is 34.6 Å². The number of hydrogen-bond donors (Lipinski definition) is 4. The normalized spacial score (nSPS) is 17.3. The van der Waals surface area contributed by atoms with Gasteiger partial charge in [0.1, 0.15) is 17.7 Å². The first kappa shape index (κ1) is 33.7. The van der Waals surface area contributed by atoms with Crippen LogP contribution in [0.1, 0.15) is 81.6 Å². The third-order valence-electron chi connectivity index (χ3n) is 8.25. The number of nitrogens with one attached hydrogen (secondary N) is 3. The minimum atomic E-state index is -0.989. The number of esters is 1. The van der Waals surface area contributed by atoms with Gasteiger partial charge in [0.2, 0.25) is 11.8 Å². The average Bonchev–Trinajstić information content (AvgIpc) is 3.46. The second kappa shape index (κ2) is 15.2. The minimum Gasteiger partial charge on any atom is -0.458 e. The molecular formula is C35H47N5O5. The molecule has 0 bridgehead atoms. The van der Waals surface area contributed by atoms with E-state index >= 15 is 0 Å². The van der Waals surface area contributed by atoms with Crippen LogP contribution in [0.5, 0.6) is 0 Å². The molecule has 10 heteroatoms. The standard InChI is InChI=1S/C35H47N5O5/c1-23(27-21-37-28-17-9-8-16-26(27)28)30(32(42)38-29(18-10-11-19-36)34(44)45-35(2,3)4)39-31(41)25-15-12-20-40(22-25)33(43)24-13-6-5-7-14-24/h5-9,13-14,16-17,21,23,25,29-30,37H,10-12,15,18-20,22,36H2,1-4H3,(H,38,42)(H,39,41)/t23-,25?,29-,30?/m0/s1. The Morgan fingerprint density at radius 2 is 1.73 bits per heavy atom. The first-order chi connectivity index (χ1) is 21.5. The number of aromatic nitrogens is 1. The fourth-order valence-corrected chi connectivity index (χ4v) is 5.85. The number of piperidine rings is 1. The Labute approximate surface area is 265 Å². The number of nitrogens with zero attached hydrogens (tertiary/aromatic N) is 1. The lowest BCUT2D eigenvalue weighted by molar-refractivity contribution is -0.159. The zero-order valence-electron chi connectivity index (χ0n) is 26.8. The molecule has 45 heavy (non-hydrogen) atoms.